The second-order valence-corrected chi connectivity index (χ2v) is 6.44. The van der Waals surface area contributed by atoms with Gasteiger partial charge in [-0.2, -0.15) is 0 Å². The molecule has 5 heteroatoms. The largest absolute Gasteiger partial charge is 0.465 e. The summed E-state index contributed by atoms with van der Waals surface area (Å²) >= 11 is 0. The zero-order valence-electron chi connectivity index (χ0n) is 11.5. The molecule has 1 aromatic carbocycles. The van der Waals surface area contributed by atoms with Gasteiger partial charge in [-0.05, 0) is 31.9 Å². The third kappa shape index (κ3) is 3.56. The summed E-state index contributed by atoms with van der Waals surface area (Å²) in [5, 5.41) is -1.11. The van der Waals surface area contributed by atoms with Crippen LogP contribution in [0.2, 0.25) is 0 Å². The Morgan fingerprint density at radius 3 is 2.42 bits per heavy atom. The van der Waals surface area contributed by atoms with E-state index in [2.05, 4.69) is 0 Å². The predicted molar refractivity (Wildman–Crippen MR) is 73.7 cm³/mol. The molecule has 19 heavy (non-hydrogen) atoms. The van der Waals surface area contributed by atoms with Crippen molar-refractivity contribution in [1.29, 1.82) is 0 Å². The van der Waals surface area contributed by atoms with Crippen LogP contribution in [0.15, 0.2) is 29.2 Å². The summed E-state index contributed by atoms with van der Waals surface area (Å²) in [5.74, 6) is -0.660. The van der Waals surface area contributed by atoms with Gasteiger partial charge in [0.25, 0.3) is 0 Å². The van der Waals surface area contributed by atoms with Gasteiger partial charge >= 0.3 is 5.97 Å². The standard InChI is InChI=1S/C14H20O4S/c1-4-8-13(14(15)18-5-2)19(16,17)12-10-7-6-9-11(12)3/h6-7,9-10,13H,4-5,8H2,1-3H3. The third-order valence-electron chi connectivity index (χ3n) is 2.88. The first kappa shape index (κ1) is 15.7. The van der Waals surface area contributed by atoms with E-state index in [0.29, 0.717) is 12.0 Å². The lowest BCUT2D eigenvalue weighted by molar-refractivity contribution is -0.142. The summed E-state index contributed by atoms with van der Waals surface area (Å²) in [7, 11) is -3.69. The Labute approximate surface area is 114 Å². The van der Waals surface area contributed by atoms with Crippen LogP contribution in [0, 0.1) is 6.92 Å². The Morgan fingerprint density at radius 1 is 1.26 bits per heavy atom. The van der Waals surface area contributed by atoms with Gasteiger partial charge in [0.15, 0.2) is 15.1 Å². The summed E-state index contributed by atoms with van der Waals surface area (Å²) in [5.41, 5.74) is 0.646. The zero-order chi connectivity index (χ0) is 14.5. The average molecular weight is 284 g/mol. The molecule has 0 spiro atoms. The number of aryl methyl sites for hydroxylation is 1. The van der Waals surface area contributed by atoms with Gasteiger partial charge in [0.2, 0.25) is 0 Å². The quantitative estimate of drug-likeness (QED) is 0.753. The average Bonchev–Trinajstić information content (AvgIpc) is 2.36. The maximum absolute atomic E-state index is 12.6. The highest BCUT2D eigenvalue weighted by molar-refractivity contribution is 7.92. The lowest BCUT2D eigenvalue weighted by Crippen LogP contribution is -2.32. The number of carbonyl (C=O) groups is 1. The fraction of sp³-hybridized carbons (Fsp3) is 0.500. The molecular formula is C14H20O4S. The first-order chi connectivity index (χ1) is 8.95. The Kier molecular flexibility index (Phi) is 5.54. The summed E-state index contributed by atoms with van der Waals surface area (Å²) in [6.45, 7) is 5.42. The SMILES string of the molecule is CCCC(C(=O)OCC)S(=O)(=O)c1ccccc1C. The number of benzene rings is 1. The van der Waals surface area contributed by atoms with Crippen molar-refractivity contribution in [3.8, 4) is 0 Å². The van der Waals surface area contributed by atoms with Crippen LogP contribution in [0.3, 0.4) is 0 Å². The van der Waals surface area contributed by atoms with E-state index < -0.39 is 21.1 Å². The van der Waals surface area contributed by atoms with Crippen LogP contribution in [-0.2, 0) is 19.4 Å². The van der Waals surface area contributed by atoms with Gasteiger partial charge in [-0.1, -0.05) is 31.5 Å². The van der Waals surface area contributed by atoms with E-state index in [0.717, 1.165) is 0 Å². The molecule has 1 unspecified atom stereocenters. The van der Waals surface area contributed by atoms with Gasteiger partial charge in [0.05, 0.1) is 11.5 Å². The van der Waals surface area contributed by atoms with Crippen molar-refractivity contribution in [2.75, 3.05) is 6.61 Å². The number of esters is 1. The Hall–Kier alpha value is -1.36. The molecule has 1 atom stereocenters. The van der Waals surface area contributed by atoms with Crippen molar-refractivity contribution in [1.82, 2.24) is 0 Å². The smallest absolute Gasteiger partial charge is 0.324 e. The van der Waals surface area contributed by atoms with Gasteiger partial charge in [-0.15, -0.1) is 0 Å². The second kappa shape index (κ2) is 6.70. The number of hydrogen-bond donors (Lipinski definition) is 0. The van der Waals surface area contributed by atoms with Crippen molar-refractivity contribution >= 4 is 15.8 Å². The zero-order valence-corrected chi connectivity index (χ0v) is 12.4. The van der Waals surface area contributed by atoms with Gasteiger partial charge in [-0.3, -0.25) is 4.79 Å². The van der Waals surface area contributed by atoms with Crippen molar-refractivity contribution in [2.24, 2.45) is 0 Å². The number of sulfone groups is 1. The lowest BCUT2D eigenvalue weighted by atomic mass is 10.2. The van der Waals surface area contributed by atoms with E-state index in [1.165, 1.54) is 6.07 Å². The number of rotatable bonds is 6. The molecule has 0 aliphatic rings. The fourth-order valence-corrected chi connectivity index (χ4v) is 3.88. The molecule has 0 fully saturated rings. The monoisotopic (exact) mass is 284 g/mol. The van der Waals surface area contributed by atoms with Gasteiger partial charge < -0.3 is 4.74 Å². The first-order valence-electron chi connectivity index (χ1n) is 6.41. The van der Waals surface area contributed by atoms with Crippen LogP contribution in [0.25, 0.3) is 0 Å². The summed E-state index contributed by atoms with van der Waals surface area (Å²) < 4.78 is 30.0. The van der Waals surface area contributed by atoms with Crippen molar-refractivity contribution in [3.63, 3.8) is 0 Å². The topological polar surface area (TPSA) is 60.4 Å². The van der Waals surface area contributed by atoms with E-state index in [-0.39, 0.29) is 17.9 Å². The molecule has 1 rings (SSSR count). The molecule has 0 aliphatic carbocycles. The molecule has 0 saturated heterocycles. The van der Waals surface area contributed by atoms with Crippen LogP contribution in [0.1, 0.15) is 32.3 Å². The molecule has 106 valence electrons. The van der Waals surface area contributed by atoms with Crippen LogP contribution >= 0.6 is 0 Å². The maximum atomic E-state index is 12.6. The molecule has 4 nitrogen and oxygen atoms in total. The van der Waals surface area contributed by atoms with E-state index in [9.17, 15) is 13.2 Å². The van der Waals surface area contributed by atoms with E-state index in [1.54, 1.807) is 32.0 Å². The van der Waals surface area contributed by atoms with Crippen molar-refractivity contribution < 1.29 is 17.9 Å². The van der Waals surface area contributed by atoms with Crippen LogP contribution in [0.5, 0.6) is 0 Å². The molecule has 0 aromatic heterocycles. The van der Waals surface area contributed by atoms with E-state index in [1.807, 2.05) is 6.92 Å². The molecular weight excluding hydrogens is 264 g/mol. The highest BCUT2D eigenvalue weighted by Crippen LogP contribution is 2.23. The van der Waals surface area contributed by atoms with Crippen LogP contribution < -0.4 is 0 Å². The Balaban J connectivity index is 3.21. The third-order valence-corrected chi connectivity index (χ3v) is 5.12. The molecule has 0 heterocycles. The fourth-order valence-electron chi connectivity index (χ4n) is 1.93. The highest BCUT2D eigenvalue weighted by Gasteiger charge is 2.35. The Bertz CT molecular complexity index is 534. The molecule has 0 N–H and O–H groups in total. The molecule has 1 aromatic rings. The summed E-state index contributed by atoms with van der Waals surface area (Å²) in [4.78, 5) is 12.1. The van der Waals surface area contributed by atoms with Crippen molar-refractivity contribution in [2.45, 2.75) is 43.8 Å². The molecule has 0 aliphatic heterocycles. The van der Waals surface area contributed by atoms with E-state index >= 15 is 0 Å². The van der Waals surface area contributed by atoms with Crippen LogP contribution in [0.4, 0.5) is 0 Å². The maximum Gasteiger partial charge on any atom is 0.324 e. The van der Waals surface area contributed by atoms with Gasteiger partial charge in [0, 0.05) is 0 Å². The second-order valence-electron chi connectivity index (χ2n) is 4.34. The molecule has 0 saturated carbocycles. The summed E-state index contributed by atoms with van der Waals surface area (Å²) in [6.07, 6.45) is 0.879. The number of ether oxygens (including phenoxy) is 1. The summed E-state index contributed by atoms with van der Waals surface area (Å²) in [6, 6.07) is 6.69. The minimum Gasteiger partial charge on any atom is -0.465 e. The van der Waals surface area contributed by atoms with Crippen LogP contribution in [-0.4, -0.2) is 26.2 Å². The molecule has 0 bridgehead atoms. The van der Waals surface area contributed by atoms with Gasteiger partial charge in [-0.25, -0.2) is 8.42 Å². The van der Waals surface area contributed by atoms with Crippen molar-refractivity contribution in [3.05, 3.63) is 29.8 Å². The Morgan fingerprint density at radius 2 is 1.89 bits per heavy atom. The number of hydrogen-bond acceptors (Lipinski definition) is 4. The minimum absolute atomic E-state index is 0.183. The molecule has 0 amide bonds. The highest BCUT2D eigenvalue weighted by atomic mass is 32.2. The minimum atomic E-state index is -3.69. The number of carbonyl (C=O) groups excluding carboxylic acids is 1. The molecule has 0 radical (unpaired) electrons. The predicted octanol–water partition coefficient (Wildman–Crippen LogP) is 2.50. The van der Waals surface area contributed by atoms with E-state index in [4.69, 9.17) is 4.74 Å². The lowest BCUT2D eigenvalue weighted by Gasteiger charge is -2.16. The normalized spacial score (nSPS) is 13.0. The van der Waals surface area contributed by atoms with Gasteiger partial charge in [0.1, 0.15) is 0 Å². The first-order valence-corrected chi connectivity index (χ1v) is 7.95.